The smallest absolute Gasteiger partial charge is 0.404 e. The lowest BCUT2D eigenvalue weighted by molar-refractivity contribution is 0.194. The van der Waals surface area contributed by atoms with Crippen LogP contribution in [0.25, 0.3) is 0 Å². The molecule has 0 aliphatic carbocycles. The van der Waals surface area contributed by atoms with Crippen LogP contribution in [0.4, 0.5) is 4.79 Å². The Balaban J connectivity index is 1.70. The van der Waals surface area contributed by atoms with Gasteiger partial charge in [-0.15, -0.1) is 0 Å². The molecule has 0 saturated carbocycles. The fourth-order valence-corrected chi connectivity index (χ4v) is 2.34. The van der Waals surface area contributed by atoms with E-state index in [9.17, 15) is 4.79 Å². The van der Waals surface area contributed by atoms with Gasteiger partial charge < -0.3 is 21.5 Å². The van der Waals surface area contributed by atoms with Crippen molar-refractivity contribution in [3.05, 3.63) is 71.3 Å². The van der Waals surface area contributed by atoms with Crippen LogP contribution in [0.5, 0.6) is 0 Å². The van der Waals surface area contributed by atoms with E-state index in [1.54, 1.807) is 0 Å². The van der Waals surface area contributed by atoms with Crippen LogP contribution in [-0.4, -0.2) is 23.8 Å². The molecule has 0 fully saturated rings. The molecule has 0 saturated heterocycles. The maximum absolute atomic E-state index is 10.4. The van der Waals surface area contributed by atoms with Gasteiger partial charge in [0.2, 0.25) is 0 Å². The predicted molar refractivity (Wildman–Crippen MR) is 91.1 cm³/mol. The monoisotopic (exact) mass is 313 g/mol. The van der Waals surface area contributed by atoms with Gasteiger partial charge >= 0.3 is 6.09 Å². The summed E-state index contributed by atoms with van der Waals surface area (Å²) in [5.41, 5.74) is 9.47. The molecule has 1 atom stereocenters. The summed E-state index contributed by atoms with van der Waals surface area (Å²) >= 11 is 0. The summed E-state index contributed by atoms with van der Waals surface area (Å²) < 4.78 is 0. The van der Waals surface area contributed by atoms with Crippen molar-refractivity contribution in [1.29, 1.82) is 0 Å². The van der Waals surface area contributed by atoms with Crippen molar-refractivity contribution in [3.63, 3.8) is 0 Å². The highest BCUT2D eigenvalue weighted by atomic mass is 16.4. The van der Waals surface area contributed by atoms with E-state index in [0.29, 0.717) is 6.54 Å². The van der Waals surface area contributed by atoms with E-state index in [1.807, 2.05) is 42.5 Å². The van der Waals surface area contributed by atoms with E-state index in [-0.39, 0.29) is 6.04 Å². The first kappa shape index (κ1) is 17.0. The van der Waals surface area contributed by atoms with Crippen molar-refractivity contribution in [2.45, 2.75) is 25.6 Å². The standard InChI is InChI=1S/C18H23N3O2/c19-17(10-14-4-2-1-3-5-14)13-20-11-15-6-8-16(9-7-15)12-21-18(22)23/h1-9,17,20-21H,10-13,19H2,(H,22,23). The summed E-state index contributed by atoms with van der Waals surface area (Å²) in [5, 5.41) is 14.3. The van der Waals surface area contributed by atoms with Gasteiger partial charge in [-0.2, -0.15) is 0 Å². The minimum atomic E-state index is -1.01. The van der Waals surface area contributed by atoms with Gasteiger partial charge in [0.15, 0.2) is 0 Å². The zero-order valence-corrected chi connectivity index (χ0v) is 13.0. The molecule has 0 aliphatic rings. The highest BCUT2D eigenvalue weighted by Crippen LogP contribution is 2.05. The van der Waals surface area contributed by atoms with Crippen molar-refractivity contribution < 1.29 is 9.90 Å². The number of benzene rings is 2. The first-order valence-electron chi connectivity index (χ1n) is 7.68. The number of hydrogen-bond donors (Lipinski definition) is 4. The second kappa shape index (κ2) is 8.92. The molecule has 0 bridgehead atoms. The number of rotatable bonds is 8. The lowest BCUT2D eigenvalue weighted by atomic mass is 10.1. The van der Waals surface area contributed by atoms with Crippen LogP contribution in [0.15, 0.2) is 54.6 Å². The molecule has 0 aliphatic heterocycles. The molecular formula is C18H23N3O2. The zero-order chi connectivity index (χ0) is 16.5. The molecular weight excluding hydrogens is 290 g/mol. The van der Waals surface area contributed by atoms with Gasteiger partial charge in [0.1, 0.15) is 0 Å². The van der Waals surface area contributed by atoms with Crippen LogP contribution in [-0.2, 0) is 19.5 Å². The van der Waals surface area contributed by atoms with E-state index in [4.69, 9.17) is 10.8 Å². The van der Waals surface area contributed by atoms with Crippen molar-refractivity contribution in [3.8, 4) is 0 Å². The van der Waals surface area contributed by atoms with E-state index in [1.165, 1.54) is 5.56 Å². The Morgan fingerprint density at radius 1 is 0.957 bits per heavy atom. The number of nitrogens with two attached hydrogens (primary N) is 1. The molecule has 0 aromatic heterocycles. The lowest BCUT2D eigenvalue weighted by Gasteiger charge is -2.13. The number of hydrogen-bond acceptors (Lipinski definition) is 3. The van der Waals surface area contributed by atoms with Gasteiger partial charge in [-0.25, -0.2) is 4.79 Å². The first-order valence-corrected chi connectivity index (χ1v) is 7.68. The Morgan fingerprint density at radius 2 is 1.57 bits per heavy atom. The van der Waals surface area contributed by atoms with Crippen LogP contribution in [0, 0.1) is 0 Å². The summed E-state index contributed by atoms with van der Waals surface area (Å²) in [6, 6.07) is 18.1. The predicted octanol–water partition coefficient (Wildman–Crippen LogP) is 2.11. The molecule has 0 radical (unpaired) electrons. The quantitative estimate of drug-likeness (QED) is 0.601. The molecule has 0 heterocycles. The third-order valence-corrected chi connectivity index (χ3v) is 3.54. The van der Waals surface area contributed by atoms with Gasteiger partial charge in [0, 0.05) is 25.7 Å². The molecule has 2 aromatic carbocycles. The molecule has 122 valence electrons. The van der Waals surface area contributed by atoms with Crippen LogP contribution in [0.1, 0.15) is 16.7 Å². The van der Waals surface area contributed by atoms with Gasteiger partial charge in [-0.1, -0.05) is 54.6 Å². The second-order valence-corrected chi connectivity index (χ2v) is 5.56. The third-order valence-electron chi connectivity index (χ3n) is 3.54. The molecule has 5 heteroatoms. The van der Waals surface area contributed by atoms with Gasteiger partial charge in [0.25, 0.3) is 0 Å². The molecule has 23 heavy (non-hydrogen) atoms. The highest BCUT2D eigenvalue weighted by Gasteiger charge is 2.04. The fourth-order valence-electron chi connectivity index (χ4n) is 2.34. The molecule has 1 amide bonds. The van der Waals surface area contributed by atoms with E-state index >= 15 is 0 Å². The van der Waals surface area contributed by atoms with Crippen LogP contribution < -0.4 is 16.4 Å². The van der Waals surface area contributed by atoms with Crippen molar-refractivity contribution >= 4 is 6.09 Å². The summed E-state index contributed by atoms with van der Waals surface area (Å²) in [7, 11) is 0. The molecule has 5 nitrogen and oxygen atoms in total. The summed E-state index contributed by atoms with van der Waals surface area (Å²) in [5.74, 6) is 0. The Bertz CT molecular complexity index is 599. The SMILES string of the molecule is NC(CNCc1ccc(CNC(=O)O)cc1)Cc1ccccc1. The summed E-state index contributed by atoms with van der Waals surface area (Å²) in [4.78, 5) is 10.4. The molecule has 2 rings (SSSR count). The zero-order valence-electron chi connectivity index (χ0n) is 13.0. The minimum Gasteiger partial charge on any atom is -0.465 e. The average Bonchev–Trinajstić information content (AvgIpc) is 2.55. The highest BCUT2D eigenvalue weighted by molar-refractivity contribution is 5.64. The Morgan fingerprint density at radius 3 is 2.17 bits per heavy atom. The largest absolute Gasteiger partial charge is 0.465 e. The fraction of sp³-hybridized carbons (Fsp3) is 0.278. The van der Waals surface area contributed by atoms with Gasteiger partial charge in [0.05, 0.1) is 0 Å². The molecule has 0 spiro atoms. The van der Waals surface area contributed by atoms with Crippen molar-refractivity contribution in [2.75, 3.05) is 6.54 Å². The maximum atomic E-state index is 10.4. The lowest BCUT2D eigenvalue weighted by Crippen LogP contribution is -2.35. The van der Waals surface area contributed by atoms with Crippen molar-refractivity contribution in [2.24, 2.45) is 5.73 Å². The molecule has 5 N–H and O–H groups in total. The summed E-state index contributed by atoms with van der Waals surface area (Å²) in [6.07, 6.45) is -0.156. The average molecular weight is 313 g/mol. The number of carbonyl (C=O) groups is 1. The molecule has 1 unspecified atom stereocenters. The number of carboxylic acid groups (broad SMARTS) is 1. The topological polar surface area (TPSA) is 87.4 Å². The van der Waals surface area contributed by atoms with Crippen LogP contribution in [0.3, 0.4) is 0 Å². The van der Waals surface area contributed by atoms with E-state index in [2.05, 4.69) is 22.8 Å². The Labute approximate surface area is 136 Å². The molecule has 2 aromatic rings. The van der Waals surface area contributed by atoms with Gasteiger partial charge in [-0.3, -0.25) is 0 Å². The van der Waals surface area contributed by atoms with E-state index < -0.39 is 6.09 Å². The Kier molecular flexibility index (Phi) is 6.59. The number of amides is 1. The minimum absolute atomic E-state index is 0.0800. The normalized spacial score (nSPS) is 11.9. The van der Waals surface area contributed by atoms with Gasteiger partial charge in [-0.05, 0) is 23.1 Å². The van der Waals surface area contributed by atoms with Crippen LogP contribution in [0.2, 0.25) is 0 Å². The first-order chi connectivity index (χ1) is 11.1. The second-order valence-electron chi connectivity index (χ2n) is 5.56. The van der Waals surface area contributed by atoms with E-state index in [0.717, 1.165) is 30.6 Å². The van der Waals surface area contributed by atoms with Crippen molar-refractivity contribution in [1.82, 2.24) is 10.6 Å². The third kappa shape index (κ3) is 6.50. The summed E-state index contributed by atoms with van der Waals surface area (Å²) in [6.45, 7) is 1.82. The number of nitrogens with one attached hydrogen (secondary N) is 2. The van der Waals surface area contributed by atoms with Crippen LogP contribution >= 0.6 is 0 Å². The maximum Gasteiger partial charge on any atom is 0.404 e. The Hall–Kier alpha value is -2.37.